The molecule has 2 aromatic rings. The molecule has 0 fully saturated rings. The summed E-state index contributed by atoms with van der Waals surface area (Å²) in [4.78, 5) is 5.05. The molecule has 0 bridgehead atoms. The molecule has 1 aromatic heterocycles. The van der Waals surface area contributed by atoms with Crippen LogP contribution in [0.3, 0.4) is 0 Å². The van der Waals surface area contributed by atoms with Crippen LogP contribution in [0.15, 0.2) is 46.5 Å². The van der Waals surface area contributed by atoms with E-state index in [4.69, 9.17) is 28.9 Å². The first-order valence-electron chi connectivity index (χ1n) is 4.49. The number of halogens is 2. The van der Waals surface area contributed by atoms with Gasteiger partial charge in [0, 0.05) is 21.8 Å². The molecule has 82 valence electrons. The lowest BCUT2D eigenvalue weighted by Gasteiger charge is -2.04. The van der Waals surface area contributed by atoms with E-state index in [1.54, 1.807) is 36.5 Å². The molecule has 0 atom stereocenters. The second kappa shape index (κ2) is 4.95. The lowest BCUT2D eigenvalue weighted by Crippen LogP contribution is -1.86. The average Bonchev–Trinajstić information content (AvgIpc) is 2.24. The third-order valence-electron chi connectivity index (χ3n) is 1.87. The van der Waals surface area contributed by atoms with E-state index in [1.807, 2.05) is 0 Å². The van der Waals surface area contributed by atoms with Crippen molar-refractivity contribution in [2.45, 2.75) is 9.92 Å². The first-order chi connectivity index (χ1) is 7.65. The Bertz CT molecular complexity index is 517. The number of benzene rings is 1. The summed E-state index contributed by atoms with van der Waals surface area (Å²) in [5.74, 6) is 0. The molecule has 0 unspecified atom stereocenters. The summed E-state index contributed by atoms with van der Waals surface area (Å²) in [5, 5.41) is 2.10. The fourth-order valence-corrected chi connectivity index (χ4v) is 2.50. The predicted octanol–water partition coefficient (Wildman–Crippen LogP) is 4.12. The number of hydrogen-bond donors (Lipinski definition) is 1. The fourth-order valence-electron chi connectivity index (χ4n) is 1.15. The number of anilines is 1. The highest BCUT2D eigenvalue weighted by molar-refractivity contribution is 7.99. The standard InChI is InChI=1S/C11H8Cl2N2S/c12-7-1-2-9(13)10(5-7)16-11-6-8(14)3-4-15-11/h1-6H,(H2,14,15). The van der Waals surface area contributed by atoms with Gasteiger partial charge in [0.25, 0.3) is 0 Å². The normalized spacial score (nSPS) is 10.4. The first kappa shape index (κ1) is 11.6. The van der Waals surface area contributed by atoms with Gasteiger partial charge in [-0.25, -0.2) is 4.98 Å². The molecule has 5 heteroatoms. The maximum Gasteiger partial charge on any atom is 0.103 e. The molecule has 0 aliphatic rings. The smallest absolute Gasteiger partial charge is 0.103 e. The summed E-state index contributed by atoms with van der Waals surface area (Å²) in [7, 11) is 0. The van der Waals surface area contributed by atoms with Crippen molar-refractivity contribution >= 4 is 40.7 Å². The van der Waals surface area contributed by atoms with Crippen LogP contribution < -0.4 is 5.73 Å². The van der Waals surface area contributed by atoms with E-state index in [0.717, 1.165) is 9.92 Å². The molecule has 2 N–H and O–H groups in total. The monoisotopic (exact) mass is 270 g/mol. The van der Waals surface area contributed by atoms with Gasteiger partial charge in [-0.2, -0.15) is 0 Å². The van der Waals surface area contributed by atoms with E-state index in [0.29, 0.717) is 15.7 Å². The van der Waals surface area contributed by atoms with Gasteiger partial charge in [0.1, 0.15) is 5.03 Å². The van der Waals surface area contributed by atoms with Crippen molar-refractivity contribution < 1.29 is 0 Å². The van der Waals surface area contributed by atoms with E-state index in [2.05, 4.69) is 4.98 Å². The summed E-state index contributed by atoms with van der Waals surface area (Å²) < 4.78 is 0. The van der Waals surface area contributed by atoms with Crippen LogP contribution in [0, 0.1) is 0 Å². The summed E-state index contributed by atoms with van der Waals surface area (Å²) in [6.07, 6.45) is 1.66. The van der Waals surface area contributed by atoms with Crippen molar-refractivity contribution in [2.24, 2.45) is 0 Å². The zero-order chi connectivity index (χ0) is 11.5. The summed E-state index contributed by atoms with van der Waals surface area (Å²) in [5.41, 5.74) is 6.34. The third kappa shape index (κ3) is 2.82. The summed E-state index contributed by atoms with van der Waals surface area (Å²) >= 11 is 13.4. The minimum Gasteiger partial charge on any atom is -0.399 e. The van der Waals surface area contributed by atoms with Gasteiger partial charge in [0.2, 0.25) is 0 Å². The molecular weight excluding hydrogens is 263 g/mol. The molecule has 16 heavy (non-hydrogen) atoms. The molecule has 1 heterocycles. The summed E-state index contributed by atoms with van der Waals surface area (Å²) in [6, 6.07) is 8.85. The van der Waals surface area contributed by atoms with E-state index < -0.39 is 0 Å². The molecular formula is C11H8Cl2N2S. The van der Waals surface area contributed by atoms with Gasteiger partial charge in [0.15, 0.2) is 0 Å². The van der Waals surface area contributed by atoms with Gasteiger partial charge in [0.05, 0.1) is 5.02 Å². The van der Waals surface area contributed by atoms with E-state index in [-0.39, 0.29) is 0 Å². The number of hydrogen-bond acceptors (Lipinski definition) is 3. The van der Waals surface area contributed by atoms with Gasteiger partial charge >= 0.3 is 0 Å². The second-order valence-electron chi connectivity index (χ2n) is 3.10. The van der Waals surface area contributed by atoms with Crippen molar-refractivity contribution in [1.29, 1.82) is 0 Å². The van der Waals surface area contributed by atoms with Crippen molar-refractivity contribution in [3.8, 4) is 0 Å². The molecule has 0 spiro atoms. The van der Waals surface area contributed by atoms with Crippen molar-refractivity contribution in [3.05, 3.63) is 46.6 Å². The molecule has 0 aliphatic carbocycles. The minimum atomic E-state index is 0.649. The maximum absolute atomic E-state index is 6.05. The topological polar surface area (TPSA) is 38.9 Å². The highest BCUT2D eigenvalue weighted by Gasteiger charge is 2.04. The molecule has 1 aromatic carbocycles. The predicted molar refractivity (Wildman–Crippen MR) is 69.2 cm³/mol. The number of nitrogen functional groups attached to an aromatic ring is 1. The Labute approximate surface area is 108 Å². The number of rotatable bonds is 2. The molecule has 0 saturated carbocycles. The molecule has 2 rings (SSSR count). The van der Waals surface area contributed by atoms with Gasteiger partial charge in [-0.1, -0.05) is 35.0 Å². The van der Waals surface area contributed by atoms with Crippen molar-refractivity contribution in [2.75, 3.05) is 5.73 Å². The second-order valence-corrected chi connectivity index (χ2v) is 5.01. The van der Waals surface area contributed by atoms with Crippen LogP contribution in [0.5, 0.6) is 0 Å². The van der Waals surface area contributed by atoms with Crippen molar-refractivity contribution in [1.82, 2.24) is 4.98 Å². The Kier molecular flexibility index (Phi) is 3.59. The zero-order valence-electron chi connectivity index (χ0n) is 8.15. The SMILES string of the molecule is Nc1ccnc(Sc2cc(Cl)ccc2Cl)c1. The fraction of sp³-hybridized carbons (Fsp3) is 0. The Morgan fingerprint density at radius 1 is 1.12 bits per heavy atom. The summed E-state index contributed by atoms with van der Waals surface area (Å²) in [6.45, 7) is 0. The third-order valence-corrected chi connectivity index (χ3v) is 3.53. The maximum atomic E-state index is 6.05. The minimum absolute atomic E-state index is 0.649. The Morgan fingerprint density at radius 3 is 2.69 bits per heavy atom. The van der Waals surface area contributed by atoms with E-state index in [9.17, 15) is 0 Å². The molecule has 0 radical (unpaired) electrons. The molecule has 2 nitrogen and oxygen atoms in total. The molecule has 0 saturated heterocycles. The van der Waals surface area contributed by atoms with Crippen molar-refractivity contribution in [3.63, 3.8) is 0 Å². The van der Waals surface area contributed by atoms with Crippen LogP contribution >= 0.6 is 35.0 Å². The zero-order valence-corrected chi connectivity index (χ0v) is 10.5. The van der Waals surface area contributed by atoms with Crippen LogP contribution in [0.25, 0.3) is 0 Å². The van der Waals surface area contributed by atoms with Gasteiger partial charge in [-0.3, -0.25) is 0 Å². The van der Waals surface area contributed by atoms with E-state index >= 15 is 0 Å². The quantitative estimate of drug-likeness (QED) is 0.892. The number of nitrogens with two attached hydrogens (primary N) is 1. The van der Waals surface area contributed by atoms with Crippen LogP contribution in [0.4, 0.5) is 5.69 Å². The van der Waals surface area contributed by atoms with Crippen LogP contribution in [-0.4, -0.2) is 4.98 Å². The molecule has 0 aliphatic heterocycles. The lowest BCUT2D eigenvalue weighted by atomic mass is 10.4. The number of pyridine rings is 1. The average molecular weight is 271 g/mol. The van der Waals surface area contributed by atoms with Gasteiger partial charge < -0.3 is 5.73 Å². The lowest BCUT2D eigenvalue weighted by molar-refractivity contribution is 1.14. The highest BCUT2D eigenvalue weighted by Crippen LogP contribution is 2.34. The van der Waals surface area contributed by atoms with Gasteiger partial charge in [-0.05, 0) is 30.3 Å². The molecule has 0 amide bonds. The number of aromatic nitrogens is 1. The Morgan fingerprint density at radius 2 is 1.94 bits per heavy atom. The largest absolute Gasteiger partial charge is 0.399 e. The first-order valence-corrected chi connectivity index (χ1v) is 6.07. The Balaban J connectivity index is 2.30. The van der Waals surface area contributed by atoms with Crippen LogP contribution in [-0.2, 0) is 0 Å². The Hall–Kier alpha value is -0.900. The number of nitrogens with zero attached hydrogens (tertiary/aromatic N) is 1. The van der Waals surface area contributed by atoms with Crippen LogP contribution in [0.2, 0.25) is 10.0 Å². The highest BCUT2D eigenvalue weighted by atomic mass is 35.5. The van der Waals surface area contributed by atoms with Gasteiger partial charge in [-0.15, -0.1) is 0 Å². The van der Waals surface area contributed by atoms with E-state index in [1.165, 1.54) is 11.8 Å². The van der Waals surface area contributed by atoms with Crippen LogP contribution in [0.1, 0.15) is 0 Å².